The molecule has 18 heavy (non-hydrogen) atoms. The fraction of sp³-hybridized carbons (Fsp3) is 0.333. The molecule has 1 aliphatic heterocycles. The molecule has 94 valence electrons. The molecular formula is C15H18N2O. The van der Waals surface area contributed by atoms with Gasteiger partial charge < -0.3 is 4.90 Å². The van der Waals surface area contributed by atoms with Gasteiger partial charge in [0.15, 0.2) is 5.78 Å². The molecule has 0 fully saturated rings. The van der Waals surface area contributed by atoms with Crippen LogP contribution in [0.4, 0.5) is 0 Å². The van der Waals surface area contributed by atoms with Crippen LogP contribution in [0.15, 0.2) is 47.1 Å². The van der Waals surface area contributed by atoms with Gasteiger partial charge in [0, 0.05) is 32.3 Å². The Hall–Kier alpha value is -1.90. The highest BCUT2D eigenvalue weighted by atomic mass is 16.1. The number of carbonyl (C=O) groups is 1. The lowest BCUT2D eigenvalue weighted by Gasteiger charge is -2.24. The van der Waals surface area contributed by atoms with Gasteiger partial charge in [-0.15, -0.1) is 0 Å². The van der Waals surface area contributed by atoms with Crippen molar-refractivity contribution in [2.45, 2.75) is 13.3 Å². The van der Waals surface area contributed by atoms with Crippen LogP contribution in [-0.4, -0.2) is 30.6 Å². The number of amidine groups is 1. The molecule has 1 aliphatic rings. The van der Waals surface area contributed by atoms with Crippen molar-refractivity contribution in [2.75, 3.05) is 14.1 Å². The Morgan fingerprint density at radius 2 is 1.89 bits per heavy atom. The van der Waals surface area contributed by atoms with Crippen LogP contribution in [0.5, 0.6) is 0 Å². The van der Waals surface area contributed by atoms with E-state index < -0.39 is 0 Å². The van der Waals surface area contributed by atoms with Gasteiger partial charge in [0.2, 0.25) is 0 Å². The van der Waals surface area contributed by atoms with Gasteiger partial charge in [-0.1, -0.05) is 30.3 Å². The summed E-state index contributed by atoms with van der Waals surface area (Å²) in [6.45, 7) is 1.92. The SMILES string of the molecule is CC1C(=O)C(Cc2ccccc2)=CN=C1N(C)C. The first-order valence-corrected chi connectivity index (χ1v) is 6.12. The van der Waals surface area contributed by atoms with Crippen LogP contribution < -0.4 is 0 Å². The Bertz CT molecular complexity index is 500. The van der Waals surface area contributed by atoms with Crippen LogP contribution in [0.3, 0.4) is 0 Å². The van der Waals surface area contributed by atoms with Gasteiger partial charge in [-0.2, -0.15) is 0 Å². The zero-order chi connectivity index (χ0) is 13.1. The number of hydrogen-bond donors (Lipinski definition) is 0. The van der Waals surface area contributed by atoms with Gasteiger partial charge in [0.1, 0.15) is 5.84 Å². The van der Waals surface area contributed by atoms with Gasteiger partial charge >= 0.3 is 0 Å². The van der Waals surface area contributed by atoms with E-state index in [9.17, 15) is 4.79 Å². The molecule has 3 heteroatoms. The van der Waals surface area contributed by atoms with Gasteiger partial charge in [-0.25, -0.2) is 4.99 Å². The highest BCUT2D eigenvalue weighted by Crippen LogP contribution is 2.19. The third-order valence-corrected chi connectivity index (χ3v) is 3.15. The Morgan fingerprint density at radius 3 is 2.50 bits per heavy atom. The molecule has 0 amide bonds. The Morgan fingerprint density at radius 1 is 1.22 bits per heavy atom. The first-order chi connectivity index (χ1) is 8.59. The number of ketones is 1. The number of Topliss-reactive ketones (excluding diaryl/α,β-unsaturated/α-hetero) is 1. The number of hydrogen-bond acceptors (Lipinski definition) is 3. The normalized spacial score (nSPS) is 19.3. The molecule has 1 aromatic rings. The molecule has 3 nitrogen and oxygen atoms in total. The average Bonchev–Trinajstić information content (AvgIpc) is 2.36. The first kappa shape index (κ1) is 12.6. The minimum Gasteiger partial charge on any atom is -0.366 e. The van der Waals surface area contributed by atoms with Gasteiger partial charge in [-0.05, 0) is 12.5 Å². The third kappa shape index (κ3) is 2.50. The van der Waals surface area contributed by atoms with Crippen molar-refractivity contribution in [1.29, 1.82) is 0 Å². The summed E-state index contributed by atoms with van der Waals surface area (Å²) in [7, 11) is 3.83. The molecule has 1 atom stereocenters. The second-order valence-electron chi connectivity index (χ2n) is 4.78. The number of carbonyl (C=O) groups excluding carboxylic acids is 1. The fourth-order valence-electron chi connectivity index (χ4n) is 2.17. The summed E-state index contributed by atoms with van der Waals surface area (Å²) in [5, 5.41) is 0. The Labute approximate surface area is 108 Å². The molecule has 0 saturated heterocycles. The van der Waals surface area contributed by atoms with E-state index in [4.69, 9.17) is 0 Å². The number of allylic oxidation sites excluding steroid dienone is 1. The molecule has 1 aromatic carbocycles. The number of rotatable bonds is 2. The fourth-order valence-corrected chi connectivity index (χ4v) is 2.17. The maximum atomic E-state index is 12.3. The van der Waals surface area contributed by atoms with E-state index in [2.05, 4.69) is 4.99 Å². The second-order valence-corrected chi connectivity index (χ2v) is 4.78. The maximum absolute atomic E-state index is 12.3. The van der Waals surface area contributed by atoms with E-state index in [1.54, 1.807) is 6.20 Å². The summed E-state index contributed by atoms with van der Waals surface area (Å²) in [5.74, 6) is 0.859. The molecule has 1 unspecified atom stereocenters. The Kier molecular flexibility index (Phi) is 3.60. The number of nitrogens with zero attached hydrogens (tertiary/aromatic N) is 2. The zero-order valence-electron chi connectivity index (χ0n) is 11.1. The molecule has 0 aliphatic carbocycles. The van der Waals surface area contributed by atoms with Crippen molar-refractivity contribution in [3.8, 4) is 0 Å². The van der Waals surface area contributed by atoms with Gasteiger partial charge in [0.25, 0.3) is 0 Å². The summed E-state index contributed by atoms with van der Waals surface area (Å²) in [4.78, 5) is 18.6. The van der Waals surface area contributed by atoms with Crippen LogP contribution in [0, 0.1) is 5.92 Å². The third-order valence-electron chi connectivity index (χ3n) is 3.15. The predicted octanol–water partition coefficient (Wildman–Crippen LogP) is 2.29. The minimum atomic E-state index is -0.149. The van der Waals surface area contributed by atoms with Crippen molar-refractivity contribution < 1.29 is 4.79 Å². The lowest BCUT2D eigenvalue weighted by molar-refractivity contribution is -0.117. The summed E-state index contributed by atoms with van der Waals surface area (Å²) >= 11 is 0. The summed E-state index contributed by atoms with van der Waals surface area (Å²) in [6, 6.07) is 10.0. The molecule has 0 saturated carbocycles. The average molecular weight is 242 g/mol. The van der Waals surface area contributed by atoms with Crippen molar-refractivity contribution in [2.24, 2.45) is 10.9 Å². The molecule has 1 heterocycles. The quantitative estimate of drug-likeness (QED) is 0.797. The molecule has 0 spiro atoms. The molecule has 0 N–H and O–H groups in total. The second kappa shape index (κ2) is 5.17. The molecule has 0 radical (unpaired) electrons. The number of aliphatic imine (C=N–C) groups is 1. The molecule has 2 rings (SSSR count). The number of benzene rings is 1. The standard InChI is InChI=1S/C15H18N2O/c1-11-14(18)13(10-16-15(11)17(2)3)9-12-7-5-4-6-8-12/h4-8,10-11H,9H2,1-3H3. The van der Waals surface area contributed by atoms with Crippen molar-refractivity contribution in [3.63, 3.8) is 0 Å². The van der Waals surface area contributed by atoms with E-state index >= 15 is 0 Å². The largest absolute Gasteiger partial charge is 0.366 e. The van der Waals surface area contributed by atoms with Crippen molar-refractivity contribution in [1.82, 2.24) is 4.90 Å². The highest BCUT2D eigenvalue weighted by molar-refractivity contribution is 6.13. The lowest BCUT2D eigenvalue weighted by Crippen LogP contribution is -2.35. The van der Waals surface area contributed by atoms with Crippen molar-refractivity contribution in [3.05, 3.63) is 47.7 Å². The Balaban J connectivity index is 2.22. The van der Waals surface area contributed by atoms with Crippen LogP contribution in [-0.2, 0) is 11.2 Å². The zero-order valence-corrected chi connectivity index (χ0v) is 11.1. The highest BCUT2D eigenvalue weighted by Gasteiger charge is 2.27. The molecular weight excluding hydrogens is 224 g/mol. The van der Waals surface area contributed by atoms with Crippen LogP contribution in [0.2, 0.25) is 0 Å². The first-order valence-electron chi connectivity index (χ1n) is 6.12. The van der Waals surface area contributed by atoms with Gasteiger partial charge in [0.05, 0.1) is 5.92 Å². The van der Waals surface area contributed by atoms with Crippen LogP contribution in [0.1, 0.15) is 12.5 Å². The predicted molar refractivity (Wildman–Crippen MR) is 73.5 cm³/mol. The van der Waals surface area contributed by atoms with E-state index in [1.807, 2.05) is 56.3 Å². The summed E-state index contributed by atoms with van der Waals surface area (Å²) in [6.07, 6.45) is 2.37. The van der Waals surface area contributed by atoms with Gasteiger partial charge in [-0.3, -0.25) is 4.79 Å². The monoisotopic (exact) mass is 242 g/mol. The minimum absolute atomic E-state index is 0.149. The lowest BCUT2D eigenvalue weighted by atomic mass is 9.92. The van der Waals surface area contributed by atoms with E-state index in [0.29, 0.717) is 6.42 Å². The van der Waals surface area contributed by atoms with E-state index in [1.165, 1.54) is 0 Å². The van der Waals surface area contributed by atoms with Crippen LogP contribution >= 0.6 is 0 Å². The molecule has 0 bridgehead atoms. The molecule has 0 aromatic heterocycles. The van der Waals surface area contributed by atoms with E-state index in [0.717, 1.165) is 17.0 Å². The summed E-state index contributed by atoms with van der Waals surface area (Å²) < 4.78 is 0. The van der Waals surface area contributed by atoms with E-state index in [-0.39, 0.29) is 11.7 Å². The van der Waals surface area contributed by atoms with Crippen molar-refractivity contribution >= 4 is 11.6 Å². The summed E-state index contributed by atoms with van der Waals surface area (Å²) in [5.41, 5.74) is 1.94. The smallest absolute Gasteiger partial charge is 0.171 e. The van der Waals surface area contributed by atoms with Crippen LogP contribution in [0.25, 0.3) is 0 Å². The maximum Gasteiger partial charge on any atom is 0.171 e. The topological polar surface area (TPSA) is 32.7 Å².